The number of carbonyl (C=O) groups excluding carboxylic acids is 2. The van der Waals surface area contributed by atoms with Gasteiger partial charge in [-0.2, -0.15) is 0 Å². The van der Waals surface area contributed by atoms with Gasteiger partial charge < -0.3 is 15.0 Å². The number of nitrogens with zero attached hydrogens (tertiary/aromatic N) is 1. The molecule has 25 heavy (non-hydrogen) atoms. The number of methoxy groups -OCH3 is 1. The number of ether oxygens (including phenoxy) is 1. The van der Waals surface area contributed by atoms with Crippen LogP contribution in [-0.4, -0.2) is 37.4 Å². The third kappa shape index (κ3) is 5.65. The number of nitrogens with one attached hydrogen (secondary N) is 1. The fraction of sp³-hybridized carbons (Fsp3) is 0.158. The van der Waals surface area contributed by atoms with Gasteiger partial charge in [0, 0.05) is 29.4 Å². The van der Waals surface area contributed by atoms with Crippen molar-refractivity contribution in [3.05, 3.63) is 65.2 Å². The normalized spacial score (nSPS) is 10.5. The Balaban J connectivity index is 1.92. The van der Waals surface area contributed by atoms with Gasteiger partial charge in [0.25, 0.3) is 0 Å². The number of amides is 2. The second-order valence-corrected chi connectivity index (χ2v) is 5.76. The van der Waals surface area contributed by atoms with E-state index in [0.29, 0.717) is 16.5 Å². The average Bonchev–Trinajstić information content (AvgIpc) is 2.61. The van der Waals surface area contributed by atoms with Crippen LogP contribution in [0.15, 0.2) is 54.6 Å². The summed E-state index contributed by atoms with van der Waals surface area (Å²) < 4.78 is 5.23. The molecule has 1 N–H and O–H groups in total. The van der Waals surface area contributed by atoms with E-state index in [4.69, 9.17) is 16.3 Å². The van der Waals surface area contributed by atoms with E-state index in [-0.39, 0.29) is 18.4 Å². The highest BCUT2D eigenvalue weighted by Crippen LogP contribution is 2.18. The van der Waals surface area contributed by atoms with Gasteiger partial charge in [-0.3, -0.25) is 9.59 Å². The van der Waals surface area contributed by atoms with Gasteiger partial charge in [-0.25, -0.2) is 0 Å². The average molecular weight is 359 g/mol. The minimum atomic E-state index is -0.288. The molecule has 0 bridgehead atoms. The molecule has 0 spiro atoms. The van der Waals surface area contributed by atoms with Crippen molar-refractivity contribution in [3.8, 4) is 5.75 Å². The van der Waals surface area contributed by atoms with Crippen molar-refractivity contribution in [2.75, 3.05) is 26.0 Å². The highest BCUT2D eigenvalue weighted by atomic mass is 35.5. The monoisotopic (exact) mass is 358 g/mol. The third-order valence-corrected chi connectivity index (χ3v) is 3.68. The van der Waals surface area contributed by atoms with Crippen LogP contribution < -0.4 is 10.1 Å². The molecule has 0 fully saturated rings. The van der Waals surface area contributed by atoms with E-state index in [9.17, 15) is 9.59 Å². The number of para-hydroxylation sites is 1. The lowest BCUT2D eigenvalue weighted by Gasteiger charge is -2.15. The Morgan fingerprint density at radius 2 is 1.84 bits per heavy atom. The first-order valence-corrected chi connectivity index (χ1v) is 7.99. The minimum Gasteiger partial charge on any atom is -0.496 e. The predicted octanol–water partition coefficient (Wildman–Crippen LogP) is 3.46. The number of likely N-dealkylation sites (N-methyl/N-ethyl adjacent to an activating group) is 1. The summed E-state index contributed by atoms with van der Waals surface area (Å²) in [5, 5.41) is 3.30. The van der Waals surface area contributed by atoms with E-state index in [0.717, 1.165) is 5.56 Å². The van der Waals surface area contributed by atoms with Crippen molar-refractivity contribution in [1.29, 1.82) is 0 Å². The van der Waals surface area contributed by atoms with Gasteiger partial charge in [0.05, 0.1) is 13.7 Å². The summed E-state index contributed by atoms with van der Waals surface area (Å²) in [6, 6.07) is 14.1. The Morgan fingerprint density at radius 1 is 1.16 bits per heavy atom. The van der Waals surface area contributed by atoms with Gasteiger partial charge in [-0.15, -0.1) is 0 Å². The van der Waals surface area contributed by atoms with Gasteiger partial charge in [0.2, 0.25) is 11.8 Å². The smallest absolute Gasteiger partial charge is 0.246 e. The number of hydrogen-bond acceptors (Lipinski definition) is 3. The number of anilines is 1. The molecular weight excluding hydrogens is 340 g/mol. The Morgan fingerprint density at radius 3 is 2.52 bits per heavy atom. The fourth-order valence-electron chi connectivity index (χ4n) is 2.12. The first kappa shape index (κ1) is 18.5. The largest absolute Gasteiger partial charge is 0.496 e. The van der Waals surface area contributed by atoms with Gasteiger partial charge in [0.1, 0.15) is 5.75 Å². The maximum atomic E-state index is 12.1. The van der Waals surface area contributed by atoms with Crippen molar-refractivity contribution in [3.63, 3.8) is 0 Å². The highest BCUT2D eigenvalue weighted by molar-refractivity contribution is 6.30. The van der Waals surface area contributed by atoms with Crippen molar-refractivity contribution in [2.24, 2.45) is 0 Å². The number of halogens is 1. The molecule has 130 valence electrons. The van der Waals surface area contributed by atoms with Crippen LogP contribution in [0, 0.1) is 0 Å². The Labute approximate surface area is 151 Å². The van der Waals surface area contributed by atoms with E-state index < -0.39 is 0 Å². The SMILES string of the molecule is COc1ccccc1/C=C/C(=O)N(C)CC(=O)Nc1ccc(Cl)cc1. The Bertz CT molecular complexity index is 772. The van der Waals surface area contributed by atoms with Gasteiger partial charge in [-0.1, -0.05) is 29.8 Å². The molecule has 0 atom stereocenters. The molecule has 2 aromatic rings. The maximum Gasteiger partial charge on any atom is 0.246 e. The zero-order valence-electron chi connectivity index (χ0n) is 14.0. The van der Waals surface area contributed by atoms with Crippen LogP contribution in [0.2, 0.25) is 5.02 Å². The lowest BCUT2D eigenvalue weighted by atomic mass is 10.2. The van der Waals surface area contributed by atoms with Crippen LogP contribution in [0.1, 0.15) is 5.56 Å². The summed E-state index contributed by atoms with van der Waals surface area (Å²) in [5.74, 6) is 0.107. The molecule has 0 aliphatic heterocycles. The van der Waals surface area contributed by atoms with Crippen LogP contribution in [0.5, 0.6) is 5.75 Å². The molecule has 2 amide bonds. The molecule has 2 rings (SSSR count). The van der Waals surface area contributed by atoms with E-state index >= 15 is 0 Å². The van der Waals surface area contributed by atoms with Crippen LogP contribution in [0.25, 0.3) is 6.08 Å². The minimum absolute atomic E-state index is 0.0578. The fourth-order valence-corrected chi connectivity index (χ4v) is 2.25. The first-order chi connectivity index (χ1) is 12.0. The molecule has 0 heterocycles. The van der Waals surface area contributed by atoms with Crippen LogP contribution >= 0.6 is 11.6 Å². The molecule has 6 heteroatoms. The van der Waals surface area contributed by atoms with Crippen molar-refractivity contribution in [2.45, 2.75) is 0 Å². The predicted molar refractivity (Wildman–Crippen MR) is 99.7 cm³/mol. The molecular formula is C19H19ClN2O3. The van der Waals surface area contributed by atoms with Crippen LogP contribution in [-0.2, 0) is 9.59 Å². The number of carbonyl (C=O) groups is 2. The molecule has 0 saturated carbocycles. The van der Waals surface area contributed by atoms with Crippen LogP contribution in [0.4, 0.5) is 5.69 Å². The van der Waals surface area contributed by atoms with Crippen molar-refractivity contribution < 1.29 is 14.3 Å². The quantitative estimate of drug-likeness (QED) is 0.804. The summed E-state index contributed by atoms with van der Waals surface area (Å²) in [7, 11) is 3.14. The van der Waals surface area contributed by atoms with Crippen molar-refractivity contribution >= 4 is 35.2 Å². The lowest BCUT2D eigenvalue weighted by molar-refractivity contribution is -0.129. The third-order valence-electron chi connectivity index (χ3n) is 3.43. The van der Waals surface area contributed by atoms with Crippen LogP contribution in [0.3, 0.4) is 0 Å². The summed E-state index contributed by atoms with van der Waals surface area (Å²) in [6.07, 6.45) is 3.07. The molecule has 0 unspecified atom stereocenters. The maximum absolute atomic E-state index is 12.1. The molecule has 5 nitrogen and oxygen atoms in total. The van der Waals surface area contributed by atoms with E-state index in [2.05, 4.69) is 5.32 Å². The Hall–Kier alpha value is -2.79. The van der Waals surface area contributed by atoms with E-state index in [1.807, 2.05) is 24.3 Å². The molecule has 0 radical (unpaired) electrons. The summed E-state index contributed by atoms with van der Waals surface area (Å²) >= 11 is 5.80. The number of hydrogen-bond donors (Lipinski definition) is 1. The zero-order chi connectivity index (χ0) is 18.2. The molecule has 2 aromatic carbocycles. The first-order valence-electron chi connectivity index (χ1n) is 7.61. The van der Waals surface area contributed by atoms with E-state index in [1.54, 1.807) is 44.5 Å². The molecule has 0 aromatic heterocycles. The number of rotatable bonds is 6. The lowest BCUT2D eigenvalue weighted by Crippen LogP contribution is -2.33. The number of benzene rings is 2. The molecule has 0 aliphatic carbocycles. The summed E-state index contributed by atoms with van der Waals surface area (Å²) in [6.45, 7) is -0.0578. The van der Waals surface area contributed by atoms with E-state index in [1.165, 1.54) is 11.0 Å². The van der Waals surface area contributed by atoms with Gasteiger partial charge in [0.15, 0.2) is 0 Å². The van der Waals surface area contributed by atoms with Gasteiger partial charge >= 0.3 is 0 Å². The highest BCUT2D eigenvalue weighted by Gasteiger charge is 2.11. The molecule has 0 saturated heterocycles. The standard InChI is InChI=1S/C19H19ClN2O3/c1-22(13-18(23)21-16-10-8-15(20)9-11-16)19(24)12-7-14-5-3-4-6-17(14)25-2/h3-12H,13H2,1-2H3,(H,21,23)/b12-7+. The Kier molecular flexibility index (Phi) is 6.60. The summed E-state index contributed by atoms with van der Waals surface area (Å²) in [5.41, 5.74) is 1.41. The van der Waals surface area contributed by atoms with Gasteiger partial charge in [-0.05, 0) is 36.4 Å². The van der Waals surface area contributed by atoms with Crippen molar-refractivity contribution in [1.82, 2.24) is 4.90 Å². The summed E-state index contributed by atoms with van der Waals surface area (Å²) in [4.78, 5) is 25.5. The second kappa shape index (κ2) is 8.89. The zero-order valence-corrected chi connectivity index (χ0v) is 14.8. The molecule has 0 aliphatic rings. The second-order valence-electron chi connectivity index (χ2n) is 5.32. The topological polar surface area (TPSA) is 58.6 Å².